The highest BCUT2D eigenvalue weighted by molar-refractivity contribution is 5.74. The van der Waals surface area contributed by atoms with E-state index in [9.17, 15) is 9.18 Å². The number of carbonyl (C=O) groups is 1. The molecule has 0 fully saturated rings. The van der Waals surface area contributed by atoms with Gasteiger partial charge in [-0.05, 0) is 19.9 Å². The van der Waals surface area contributed by atoms with E-state index in [2.05, 4.69) is 10.6 Å². The fourth-order valence-corrected chi connectivity index (χ4v) is 1.63. The van der Waals surface area contributed by atoms with Crippen LogP contribution < -0.4 is 10.6 Å². The van der Waals surface area contributed by atoms with Crippen molar-refractivity contribution in [2.45, 2.75) is 19.4 Å². The van der Waals surface area contributed by atoms with Crippen molar-refractivity contribution in [2.24, 2.45) is 0 Å². The first kappa shape index (κ1) is 14.4. The molecule has 0 spiro atoms. The number of nitrogens with one attached hydrogen (secondary N) is 2. The van der Waals surface area contributed by atoms with E-state index >= 15 is 0 Å². The molecule has 2 N–H and O–H groups in total. The van der Waals surface area contributed by atoms with Gasteiger partial charge in [0.25, 0.3) is 0 Å². The Morgan fingerprint density at radius 3 is 2.67 bits per heavy atom. The van der Waals surface area contributed by atoms with Crippen LogP contribution in [-0.4, -0.2) is 26.3 Å². The Bertz CT molecular complexity index is 408. The largest absolute Gasteiger partial charge is 0.383 e. The van der Waals surface area contributed by atoms with E-state index in [1.807, 2.05) is 0 Å². The van der Waals surface area contributed by atoms with Crippen molar-refractivity contribution in [2.75, 3.05) is 20.3 Å². The summed E-state index contributed by atoms with van der Waals surface area (Å²) in [6.07, 6.45) is 0. The van der Waals surface area contributed by atoms with Gasteiger partial charge in [0.2, 0.25) is 0 Å². The van der Waals surface area contributed by atoms with E-state index in [-0.39, 0.29) is 11.8 Å². The number of benzene rings is 1. The summed E-state index contributed by atoms with van der Waals surface area (Å²) in [6.45, 7) is 4.35. The van der Waals surface area contributed by atoms with Crippen LogP contribution in [0, 0.1) is 5.82 Å². The minimum absolute atomic E-state index is 0.334. The van der Waals surface area contributed by atoms with Crippen LogP contribution in [0.5, 0.6) is 0 Å². The molecule has 0 unspecified atom stereocenters. The lowest BCUT2D eigenvalue weighted by molar-refractivity contribution is 0.193. The Balaban J connectivity index is 2.64. The van der Waals surface area contributed by atoms with Gasteiger partial charge in [-0.15, -0.1) is 0 Å². The summed E-state index contributed by atoms with van der Waals surface area (Å²) in [5.41, 5.74) is -0.324. The Labute approximate surface area is 107 Å². The van der Waals surface area contributed by atoms with Crippen LogP contribution >= 0.6 is 0 Å². The quantitative estimate of drug-likeness (QED) is 0.790. The van der Waals surface area contributed by atoms with Crippen molar-refractivity contribution in [3.63, 3.8) is 0 Å². The van der Waals surface area contributed by atoms with Gasteiger partial charge in [0.1, 0.15) is 5.82 Å². The van der Waals surface area contributed by atoms with Crippen LogP contribution in [0.2, 0.25) is 0 Å². The molecule has 0 heterocycles. The number of hydrogen-bond acceptors (Lipinski definition) is 2. The summed E-state index contributed by atoms with van der Waals surface area (Å²) in [5.74, 6) is -0.334. The molecule has 1 aromatic rings. The molecule has 0 aliphatic carbocycles. The number of ether oxygens (including phenoxy) is 1. The van der Waals surface area contributed by atoms with Crippen LogP contribution in [0.25, 0.3) is 0 Å². The average Bonchev–Trinajstić information content (AvgIpc) is 2.29. The zero-order valence-electron chi connectivity index (χ0n) is 10.9. The number of carbonyl (C=O) groups excluding carboxylic acids is 1. The number of amides is 2. The first-order valence-corrected chi connectivity index (χ1v) is 5.77. The molecule has 0 aliphatic rings. The van der Waals surface area contributed by atoms with Gasteiger partial charge in [0, 0.05) is 19.2 Å². The Kier molecular flexibility index (Phi) is 5.09. The number of urea groups is 1. The van der Waals surface area contributed by atoms with E-state index in [1.165, 1.54) is 6.07 Å². The molecule has 1 aromatic carbocycles. The molecular weight excluding hydrogens is 235 g/mol. The summed E-state index contributed by atoms with van der Waals surface area (Å²) in [4.78, 5) is 11.6. The fourth-order valence-electron chi connectivity index (χ4n) is 1.63. The zero-order valence-corrected chi connectivity index (χ0v) is 10.9. The van der Waals surface area contributed by atoms with Crippen LogP contribution in [-0.2, 0) is 10.3 Å². The predicted octanol–water partition coefficient (Wildman–Crippen LogP) is 2.01. The topological polar surface area (TPSA) is 50.4 Å². The van der Waals surface area contributed by atoms with E-state index in [1.54, 1.807) is 39.2 Å². The van der Waals surface area contributed by atoms with Crippen molar-refractivity contribution in [1.82, 2.24) is 10.6 Å². The van der Waals surface area contributed by atoms with Crippen molar-refractivity contribution in [3.8, 4) is 0 Å². The number of methoxy groups -OCH3 is 1. The predicted molar refractivity (Wildman–Crippen MR) is 67.8 cm³/mol. The normalized spacial score (nSPS) is 11.1. The van der Waals surface area contributed by atoms with Gasteiger partial charge >= 0.3 is 6.03 Å². The summed E-state index contributed by atoms with van der Waals surface area (Å²) in [6, 6.07) is 6.05. The number of hydrogen-bond donors (Lipinski definition) is 2. The third kappa shape index (κ3) is 4.00. The molecule has 0 aliphatic heterocycles. The second-order valence-corrected chi connectivity index (χ2v) is 4.48. The second kappa shape index (κ2) is 6.35. The van der Waals surface area contributed by atoms with E-state index in [0.717, 1.165) is 0 Å². The summed E-state index contributed by atoms with van der Waals surface area (Å²) in [7, 11) is 1.56. The molecule has 2 amide bonds. The smallest absolute Gasteiger partial charge is 0.315 e. The van der Waals surface area contributed by atoms with Crippen LogP contribution in [0.3, 0.4) is 0 Å². The number of rotatable bonds is 5. The highest BCUT2D eigenvalue weighted by Crippen LogP contribution is 2.22. The van der Waals surface area contributed by atoms with Crippen LogP contribution in [0.1, 0.15) is 19.4 Å². The highest BCUT2D eigenvalue weighted by atomic mass is 19.1. The first-order valence-electron chi connectivity index (χ1n) is 5.77. The van der Waals surface area contributed by atoms with Crippen LogP contribution in [0.15, 0.2) is 24.3 Å². The molecule has 0 saturated carbocycles. The molecule has 100 valence electrons. The minimum Gasteiger partial charge on any atom is -0.383 e. The Morgan fingerprint density at radius 2 is 2.06 bits per heavy atom. The van der Waals surface area contributed by atoms with E-state index in [4.69, 9.17) is 4.74 Å². The van der Waals surface area contributed by atoms with Gasteiger partial charge in [0.05, 0.1) is 12.1 Å². The fraction of sp³-hybridized carbons (Fsp3) is 0.462. The van der Waals surface area contributed by atoms with Gasteiger partial charge < -0.3 is 15.4 Å². The molecule has 0 radical (unpaired) electrons. The summed E-state index contributed by atoms with van der Waals surface area (Å²) < 4.78 is 18.5. The monoisotopic (exact) mass is 254 g/mol. The highest BCUT2D eigenvalue weighted by Gasteiger charge is 2.25. The number of halogens is 1. The van der Waals surface area contributed by atoms with Crippen molar-refractivity contribution in [1.29, 1.82) is 0 Å². The minimum atomic E-state index is -0.775. The molecule has 0 saturated heterocycles. The Hall–Kier alpha value is -1.62. The summed E-state index contributed by atoms with van der Waals surface area (Å²) in [5, 5.41) is 5.36. The lowest BCUT2D eigenvalue weighted by Crippen LogP contribution is -2.47. The van der Waals surface area contributed by atoms with Crippen molar-refractivity contribution >= 4 is 6.03 Å². The molecule has 4 nitrogen and oxygen atoms in total. The molecule has 0 bridgehead atoms. The van der Waals surface area contributed by atoms with E-state index in [0.29, 0.717) is 18.7 Å². The molecular formula is C13H19FN2O2. The molecule has 0 atom stereocenters. The third-order valence-corrected chi connectivity index (χ3v) is 2.56. The molecule has 1 rings (SSSR count). The van der Waals surface area contributed by atoms with Gasteiger partial charge in [-0.2, -0.15) is 0 Å². The van der Waals surface area contributed by atoms with Crippen molar-refractivity contribution < 1.29 is 13.9 Å². The third-order valence-electron chi connectivity index (χ3n) is 2.56. The molecule has 0 aromatic heterocycles. The van der Waals surface area contributed by atoms with Gasteiger partial charge in [0.15, 0.2) is 0 Å². The first-order chi connectivity index (χ1) is 8.47. The molecule has 5 heteroatoms. The molecule has 18 heavy (non-hydrogen) atoms. The average molecular weight is 254 g/mol. The van der Waals surface area contributed by atoms with Gasteiger partial charge in [-0.25, -0.2) is 9.18 Å². The zero-order chi connectivity index (χ0) is 13.6. The standard InChI is InChI=1S/C13H19FN2O2/c1-13(2,10-6-4-5-7-11(10)14)16-12(17)15-8-9-18-3/h4-7H,8-9H2,1-3H3,(H2,15,16,17). The SMILES string of the molecule is COCCNC(=O)NC(C)(C)c1ccccc1F. The lowest BCUT2D eigenvalue weighted by atomic mass is 9.94. The maximum atomic E-state index is 13.7. The Morgan fingerprint density at radius 1 is 1.39 bits per heavy atom. The maximum Gasteiger partial charge on any atom is 0.315 e. The van der Waals surface area contributed by atoms with Crippen molar-refractivity contribution in [3.05, 3.63) is 35.6 Å². The van der Waals surface area contributed by atoms with Gasteiger partial charge in [-0.3, -0.25) is 0 Å². The van der Waals surface area contributed by atoms with E-state index < -0.39 is 5.54 Å². The summed E-state index contributed by atoms with van der Waals surface area (Å²) >= 11 is 0. The van der Waals surface area contributed by atoms with Gasteiger partial charge in [-0.1, -0.05) is 18.2 Å². The lowest BCUT2D eigenvalue weighted by Gasteiger charge is -2.27. The van der Waals surface area contributed by atoms with Crippen LogP contribution in [0.4, 0.5) is 9.18 Å². The maximum absolute atomic E-state index is 13.7. The second-order valence-electron chi connectivity index (χ2n) is 4.48.